The Bertz CT molecular complexity index is 258. The lowest BCUT2D eigenvalue weighted by Crippen LogP contribution is -2.09. The smallest absolute Gasteiger partial charge is 0.0820 e. The van der Waals surface area contributed by atoms with Crippen LogP contribution in [-0.4, -0.2) is 21.5 Å². The maximum atomic E-state index is 8.73. The summed E-state index contributed by atoms with van der Waals surface area (Å²) in [5, 5.41) is 13.5. The van der Waals surface area contributed by atoms with E-state index in [0.29, 0.717) is 17.5 Å². The van der Waals surface area contributed by atoms with Gasteiger partial charge in [-0.3, -0.25) is 4.68 Å². The van der Waals surface area contributed by atoms with Crippen LogP contribution in [0.3, 0.4) is 0 Å². The van der Waals surface area contributed by atoms with Crippen molar-refractivity contribution in [2.24, 2.45) is 0 Å². The molecule has 0 unspecified atom stereocenters. The lowest BCUT2D eigenvalue weighted by molar-refractivity contribution is 0.266. The van der Waals surface area contributed by atoms with Gasteiger partial charge in [0.25, 0.3) is 0 Å². The van der Waals surface area contributed by atoms with Crippen molar-refractivity contribution < 1.29 is 5.11 Å². The summed E-state index contributed by atoms with van der Waals surface area (Å²) in [4.78, 5) is 0. The molecule has 0 fully saturated rings. The van der Waals surface area contributed by atoms with Crippen molar-refractivity contribution in [2.75, 3.05) is 6.61 Å². The lowest BCUT2D eigenvalue weighted by atomic mass is 10.1. The van der Waals surface area contributed by atoms with Crippen molar-refractivity contribution in [1.82, 2.24) is 9.78 Å². The molecule has 1 heterocycles. The molecular formula is C8H13ClN2O. The van der Waals surface area contributed by atoms with Crippen LogP contribution in [0.1, 0.15) is 25.5 Å². The van der Waals surface area contributed by atoms with Crippen molar-refractivity contribution >= 4 is 11.6 Å². The van der Waals surface area contributed by atoms with Crippen LogP contribution >= 0.6 is 11.6 Å². The molecule has 4 heteroatoms. The lowest BCUT2D eigenvalue weighted by Gasteiger charge is -2.08. The second-order valence-corrected chi connectivity index (χ2v) is 3.39. The minimum absolute atomic E-state index is 0.0950. The van der Waals surface area contributed by atoms with E-state index in [1.807, 2.05) is 0 Å². The highest BCUT2D eigenvalue weighted by Gasteiger charge is 2.11. The quantitative estimate of drug-likeness (QED) is 0.784. The summed E-state index contributed by atoms with van der Waals surface area (Å²) >= 11 is 5.91. The molecular weight excluding hydrogens is 176 g/mol. The van der Waals surface area contributed by atoms with Crippen molar-refractivity contribution in [3.05, 3.63) is 16.9 Å². The van der Waals surface area contributed by atoms with E-state index in [0.717, 1.165) is 5.69 Å². The van der Waals surface area contributed by atoms with E-state index in [1.54, 1.807) is 10.9 Å². The van der Waals surface area contributed by atoms with Gasteiger partial charge in [0.1, 0.15) is 0 Å². The molecule has 0 aliphatic heterocycles. The minimum Gasteiger partial charge on any atom is -0.394 e. The first-order valence-corrected chi connectivity index (χ1v) is 4.36. The Labute approximate surface area is 77.0 Å². The molecule has 68 valence electrons. The minimum atomic E-state index is 0.0950. The molecule has 0 bridgehead atoms. The summed E-state index contributed by atoms with van der Waals surface area (Å²) in [5.74, 6) is 0.339. The molecule has 12 heavy (non-hydrogen) atoms. The van der Waals surface area contributed by atoms with Crippen LogP contribution in [0.4, 0.5) is 0 Å². The number of aliphatic hydroxyl groups excluding tert-OH is 1. The number of hydrogen-bond donors (Lipinski definition) is 1. The molecule has 1 aromatic rings. The molecule has 0 spiro atoms. The normalized spacial score (nSPS) is 11.1. The van der Waals surface area contributed by atoms with Crippen molar-refractivity contribution in [1.29, 1.82) is 0 Å². The summed E-state index contributed by atoms with van der Waals surface area (Å²) in [6, 6.07) is 0. The molecule has 0 radical (unpaired) electrons. The van der Waals surface area contributed by atoms with E-state index in [4.69, 9.17) is 16.7 Å². The molecule has 0 aliphatic rings. The summed E-state index contributed by atoms with van der Waals surface area (Å²) in [5.41, 5.74) is 0.991. The standard InChI is InChI=1S/C8H13ClN2O/c1-6(2)8-7(9)5-10-11(8)3-4-12/h5-6,12H,3-4H2,1-2H3. The zero-order valence-corrected chi connectivity index (χ0v) is 8.04. The van der Waals surface area contributed by atoms with Gasteiger partial charge in [0.05, 0.1) is 30.1 Å². The monoisotopic (exact) mass is 188 g/mol. The van der Waals surface area contributed by atoms with Gasteiger partial charge in [0.15, 0.2) is 0 Å². The van der Waals surface area contributed by atoms with E-state index < -0.39 is 0 Å². The van der Waals surface area contributed by atoms with Crippen LogP contribution in [0.5, 0.6) is 0 Å². The average Bonchev–Trinajstić information content (AvgIpc) is 2.32. The first-order valence-electron chi connectivity index (χ1n) is 3.99. The number of aliphatic hydroxyl groups is 1. The predicted octanol–water partition coefficient (Wildman–Crippen LogP) is 1.65. The summed E-state index contributed by atoms with van der Waals surface area (Å²) in [6.07, 6.45) is 1.62. The molecule has 0 saturated heterocycles. The van der Waals surface area contributed by atoms with Crippen LogP contribution in [0.25, 0.3) is 0 Å². The number of halogens is 1. The van der Waals surface area contributed by atoms with Gasteiger partial charge in [-0.2, -0.15) is 5.10 Å². The van der Waals surface area contributed by atoms with Crippen LogP contribution in [0, 0.1) is 0 Å². The third kappa shape index (κ3) is 1.79. The maximum Gasteiger partial charge on any atom is 0.0820 e. The zero-order valence-electron chi connectivity index (χ0n) is 7.29. The molecule has 0 aliphatic carbocycles. The van der Waals surface area contributed by atoms with E-state index in [2.05, 4.69) is 18.9 Å². The molecule has 0 atom stereocenters. The third-order valence-electron chi connectivity index (χ3n) is 1.69. The Balaban J connectivity index is 2.95. The molecule has 1 rings (SSSR count). The molecule has 1 aromatic heterocycles. The number of nitrogens with zero attached hydrogens (tertiary/aromatic N) is 2. The number of aromatic nitrogens is 2. The van der Waals surface area contributed by atoms with Crippen molar-refractivity contribution in [3.63, 3.8) is 0 Å². The second kappa shape index (κ2) is 3.92. The topological polar surface area (TPSA) is 38.0 Å². The third-order valence-corrected chi connectivity index (χ3v) is 1.98. The van der Waals surface area contributed by atoms with E-state index in [-0.39, 0.29) is 6.61 Å². The summed E-state index contributed by atoms with van der Waals surface area (Å²) in [6.45, 7) is 4.71. The van der Waals surface area contributed by atoms with Gasteiger partial charge in [0.2, 0.25) is 0 Å². The molecule has 3 nitrogen and oxygen atoms in total. The molecule has 0 amide bonds. The summed E-state index contributed by atoms with van der Waals surface area (Å²) < 4.78 is 1.74. The zero-order chi connectivity index (χ0) is 9.14. The highest BCUT2D eigenvalue weighted by molar-refractivity contribution is 6.31. The Kier molecular flexibility index (Phi) is 3.12. The SMILES string of the molecule is CC(C)c1c(Cl)cnn1CCO. The maximum absolute atomic E-state index is 8.73. The Morgan fingerprint density at radius 1 is 1.67 bits per heavy atom. The summed E-state index contributed by atoms with van der Waals surface area (Å²) in [7, 11) is 0. The van der Waals surface area contributed by atoms with E-state index >= 15 is 0 Å². The van der Waals surface area contributed by atoms with Crippen LogP contribution in [0.15, 0.2) is 6.20 Å². The Morgan fingerprint density at radius 3 is 2.83 bits per heavy atom. The van der Waals surface area contributed by atoms with Crippen molar-refractivity contribution in [2.45, 2.75) is 26.3 Å². The van der Waals surface area contributed by atoms with E-state index in [1.165, 1.54) is 0 Å². The molecule has 0 saturated carbocycles. The average molecular weight is 189 g/mol. The largest absolute Gasteiger partial charge is 0.394 e. The Hall–Kier alpha value is -0.540. The van der Waals surface area contributed by atoms with Gasteiger partial charge < -0.3 is 5.11 Å². The van der Waals surface area contributed by atoms with Crippen LogP contribution in [0.2, 0.25) is 5.02 Å². The van der Waals surface area contributed by atoms with Crippen LogP contribution < -0.4 is 0 Å². The van der Waals surface area contributed by atoms with Gasteiger partial charge in [0, 0.05) is 0 Å². The van der Waals surface area contributed by atoms with Crippen LogP contribution in [-0.2, 0) is 6.54 Å². The second-order valence-electron chi connectivity index (χ2n) is 2.98. The number of rotatable bonds is 3. The fourth-order valence-electron chi connectivity index (χ4n) is 1.22. The number of hydrogen-bond acceptors (Lipinski definition) is 2. The van der Waals surface area contributed by atoms with E-state index in [9.17, 15) is 0 Å². The van der Waals surface area contributed by atoms with Gasteiger partial charge >= 0.3 is 0 Å². The van der Waals surface area contributed by atoms with Gasteiger partial charge in [-0.15, -0.1) is 0 Å². The molecule has 1 N–H and O–H groups in total. The van der Waals surface area contributed by atoms with Crippen molar-refractivity contribution in [3.8, 4) is 0 Å². The highest BCUT2D eigenvalue weighted by Crippen LogP contribution is 2.23. The van der Waals surface area contributed by atoms with Gasteiger partial charge in [-0.1, -0.05) is 25.4 Å². The van der Waals surface area contributed by atoms with Gasteiger partial charge in [-0.05, 0) is 5.92 Å². The highest BCUT2D eigenvalue weighted by atomic mass is 35.5. The predicted molar refractivity (Wildman–Crippen MR) is 48.4 cm³/mol. The van der Waals surface area contributed by atoms with Gasteiger partial charge in [-0.25, -0.2) is 0 Å². The Morgan fingerprint density at radius 2 is 2.33 bits per heavy atom. The first-order chi connectivity index (χ1) is 5.66. The molecule has 0 aromatic carbocycles. The fourth-order valence-corrected chi connectivity index (χ4v) is 1.58. The fraction of sp³-hybridized carbons (Fsp3) is 0.625. The first kappa shape index (κ1) is 9.55.